The van der Waals surface area contributed by atoms with Gasteiger partial charge in [-0.15, -0.1) is 0 Å². The second-order valence-electron chi connectivity index (χ2n) is 5.40. The molecule has 0 bridgehead atoms. The van der Waals surface area contributed by atoms with Gasteiger partial charge in [-0.05, 0) is 44.5 Å². The van der Waals surface area contributed by atoms with Gasteiger partial charge in [0.05, 0.1) is 11.3 Å². The third-order valence-electron chi connectivity index (χ3n) is 2.45. The lowest BCUT2D eigenvalue weighted by atomic mass is 10.1. The topological polar surface area (TPSA) is 75.3 Å². The van der Waals surface area contributed by atoms with E-state index in [9.17, 15) is 13.2 Å². The van der Waals surface area contributed by atoms with Crippen LogP contribution in [0.1, 0.15) is 26.3 Å². The van der Waals surface area contributed by atoms with Crippen LogP contribution < -0.4 is 10.0 Å². The van der Waals surface area contributed by atoms with Gasteiger partial charge in [-0.25, -0.2) is 13.1 Å². The summed E-state index contributed by atoms with van der Waals surface area (Å²) in [5.41, 5.74) is 0.873. The zero-order valence-electron chi connectivity index (χ0n) is 10.6. The van der Waals surface area contributed by atoms with Gasteiger partial charge in [0, 0.05) is 11.2 Å². The molecule has 2 rings (SSSR count). The predicted molar refractivity (Wildman–Crippen MR) is 68.9 cm³/mol. The third kappa shape index (κ3) is 2.70. The highest BCUT2D eigenvalue weighted by molar-refractivity contribution is 7.89. The molecule has 2 N–H and O–H groups in total. The SMILES string of the molecule is CC(C)(C)NS(=O)(=O)c1ccc2c(c1)CC(=O)N2. The van der Waals surface area contributed by atoms with Crippen molar-refractivity contribution in [3.05, 3.63) is 23.8 Å². The Hall–Kier alpha value is -1.40. The number of rotatable bonds is 2. The van der Waals surface area contributed by atoms with Crippen molar-refractivity contribution in [1.82, 2.24) is 4.72 Å². The van der Waals surface area contributed by atoms with Crippen molar-refractivity contribution in [3.8, 4) is 0 Å². The van der Waals surface area contributed by atoms with E-state index < -0.39 is 15.6 Å². The van der Waals surface area contributed by atoms with Crippen molar-refractivity contribution in [2.75, 3.05) is 5.32 Å². The summed E-state index contributed by atoms with van der Waals surface area (Å²) >= 11 is 0. The third-order valence-corrected chi connectivity index (χ3v) is 4.21. The summed E-state index contributed by atoms with van der Waals surface area (Å²) < 4.78 is 26.8. The molecule has 18 heavy (non-hydrogen) atoms. The largest absolute Gasteiger partial charge is 0.326 e. The molecule has 0 spiro atoms. The molecule has 1 aliphatic heterocycles. The average molecular weight is 268 g/mol. The molecule has 0 unspecified atom stereocenters. The molecule has 0 atom stereocenters. The van der Waals surface area contributed by atoms with Crippen molar-refractivity contribution in [2.45, 2.75) is 37.6 Å². The standard InChI is InChI=1S/C12H16N2O3S/c1-12(2,3)14-18(16,17)9-4-5-10-8(6-9)7-11(15)13-10/h4-6,14H,7H2,1-3H3,(H,13,15). The monoisotopic (exact) mass is 268 g/mol. The Morgan fingerprint density at radius 1 is 1.28 bits per heavy atom. The van der Waals surface area contributed by atoms with E-state index in [1.165, 1.54) is 6.07 Å². The van der Waals surface area contributed by atoms with E-state index in [1.807, 2.05) is 0 Å². The fourth-order valence-electron chi connectivity index (χ4n) is 1.83. The minimum absolute atomic E-state index is 0.108. The van der Waals surface area contributed by atoms with Gasteiger partial charge in [-0.1, -0.05) is 0 Å². The zero-order valence-corrected chi connectivity index (χ0v) is 11.4. The van der Waals surface area contributed by atoms with Crippen LogP contribution in [0.5, 0.6) is 0 Å². The Balaban J connectivity index is 2.36. The van der Waals surface area contributed by atoms with Crippen molar-refractivity contribution >= 4 is 21.6 Å². The van der Waals surface area contributed by atoms with E-state index in [2.05, 4.69) is 10.0 Å². The van der Waals surface area contributed by atoms with Crippen LogP contribution in [-0.4, -0.2) is 19.9 Å². The number of hydrogen-bond donors (Lipinski definition) is 2. The van der Waals surface area contributed by atoms with Gasteiger partial charge in [0.25, 0.3) is 0 Å². The maximum absolute atomic E-state index is 12.1. The summed E-state index contributed by atoms with van der Waals surface area (Å²) in [5, 5.41) is 2.67. The van der Waals surface area contributed by atoms with Gasteiger partial charge in [0.2, 0.25) is 15.9 Å². The van der Waals surface area contributed by atoms with Crippen LogP contribution in [0.3, 0.4) is 0 Å². The van der Waals surface area contributed by atoms with E-state index in [4.69, 9.17) is 0 Å². The lowest BCUT2D eigenvalue weighted by Crippen LogP contribution is -2.40. The van der Waals surface area contributed by atoms with E-state index in [0.717, 1.165) is 5.56 Å². The fraction of sp³-hybridized carbons (Fsp3) is 0.417. The Bertz CT molecular complexity index is 600. The van der Waals surface area contributed by atoms with E-state index >= 15 is 0 Å². The quantitative estimate of drug-likeness (QED) is 0.848. The number of amides is 1. The summed E-state index contributed by atoms with van der Waals surface area (Å²) in [6.07, 6.45) is 0.230. The van der Waals surface area contributed by atoms with E-state index in [0.29, 0.717) is 5.69 Å². The molecule has 1 heterocycles. The number of carbonyl (C=O) groups is 1. The van der Waals surface area contributed by atoms with Crippen molar-refractivity contribution < 1.29 is 13.2 Å². The highest BCUT2D eigenvalue weighted by atomic mass is 32.2. The fourth-order valence-corrected chi connectivity index (χ4v) is 3.30. The first-order valence-electron chi connectivity index (χ1n) is 5.64. The molecule has 0 saturated carbocycles. The Morgan fingerprint density at radius 2 is 1.94 bits per heavy atom. The maximum atomic E-state index is 12.1. The van der Waals surface area contributed by atoms with Crippen LogP contribution in [0, 0.1) is 0 Å². The number of anilines is 1. The summed E-state index contributed by atoms with van der Waals surface area (Å²) in [7, 11) is -3.55. The van der Waals surface area contributed by atoms with Crippen molar-refractivity contribution in [3.63, 3.8) is 0 Å². The van der Waals surface area contributed by atoms with E-state index in [1.54, 1.807) is 32.9 Å². The van der Waals surface area contributed by atoms with Crippen molar-refractivity contribution in [2.24, 2.45) is 0 Å². The summed E-state index contributed by atoms with van der Waals surface area (Å²) in [5.74, 6) is -0.108. The summed E-state index contributed by atoms with van der Waals surface area (Å²) in [4.78, 5) is 11.4. The van der Waals surface area contributed by atoms with Crippen molar-refractivity contribution in [1.29, 1.82) is 0 Å². The Labute approximate surface area is 107 Å². The van der Waals surface area contributed by atoms with Crippen LogP contribution >= 0.6 is 0 Å². The van der Waals surface area contributed by atoms with Gasteiger partial charge >= 0.3 is 0 Å². The van der Waals surface area contributed by atoms with Crippen LogP contribution in [0.15, 0.2) is 23.1 Å². The number of fused-ring (bicyclic) bond motifs is 1. The number of carbonyl (C=O) groups excluding carboxylic acids is 1. The number of nitrogens with one attached hydrogen (secondary N) is 2. The van der Waals surface area contributed by atoms with Crippen LogP contribution in [0.25, 0.3) is 0 Å². The van der Waals surface area contributed by atoms with Gasteiger partial charge in [0.1, 0.15) is 0 Å². The molecule has 5 nitrogen and oxygen atoms in total. The number of hydrogen-bond acceptors (Lipinski definition) is 3. The molecule has 1 aliphatic rings. The Kier molecular flexibility index (Phi) is 2.95. The molecule has 0 radical (unpaired) electrons. The molecule has 0 aromatic heterocycles. The van der Waals surface area contributed by atoms with Gasteiger partial charge in [-0.2, -0.15) is 0 Å². The molecular weight excluding hydrogens is 252 g/mol. The van der Waals surface area contributed by atoms with Gasteiger partial charge in [0.15, 0.2) is 0 Å². The number of benzene rings is 1. The Morgan fingerprint density at radius 3 is 2.56 bits per heavy atom. The minimum Gasteiger partial charge on any atom is -0.326 e. The molecule has 1 aromatic carbocycles. The molecule has 0 saturated heterocycles. The summed E-state index contributed by atoms with van der Waals surface area (Å²) in [6.45, 7) is 5.34. The average Bonchev–Trinajstić information content (AvgIpc) is 2.52. The van der Waals surface area contributed by atoms with Gasteiger partial charge < -0.3 is 5.32 Å². The molecule has 0 aliphatic carbocycles. The van der Waals surface area contributed by atoms with Crippen LogP contribution in [0.4, 0.5) is 5.69 Å². The van der Waals surface area contributed by atoms with E-state index in [-0.39, 0.29) is 17.2 Å². The predicted octanol–water partition coefficient (Wildman–Crippen LogP) is 1.26. The lowest BCUT2D eigenvalue weighted by molar-refractivity contribution is -0.115. The number of sulfonamides is 1. The highest BCUT2D eigenvalue weighted by Crippen LogP contribution is 2.26. The molecule has 6 heteroatoms. The smallest absolute Gasteiger partial charge is 0.241 e. The first-order chi connectivity index (χ1) is 8.17. The zero-order chi connectivity index (χ0) is 13.6. The molecule has 1 aromatic rings. The maximum Gasteiger partial charge on any atom is 0.241 e. The second kappa shape index (κ2) is 4.07. The minimum atomic E-state index is -3.55. The van der Waals surface area contributed by atoms with Crippen LogP contribution in [0.2, 0.25) is 0 Å². The molecule has 1 amide bonds. The van der Waals surface area contributed by atoms with Gasteiger partial charge in [-0.3, -0.25) is 4.79 Å². The second-order valence-corrected chi connectivity index (χ2v) is 7.08. The molecular formula is C12H16N2O3S. The first kappa shape index (κ1) is 13.0. The summed E-state index contributed by atoms with van der Waals surface area (Å²) in [6, 6.07) is 4.66. The molecule has 98 valence electrons. The molecule has 0 fully saturated rings. The normalized spacial score (nSPS) is 15.4. The lowest BCUT2D eigenvalue weighted by Gasteiger charge is -2.20. The first-order valence-corrected chi connectivity index (χ1v) is 7.12. The highest BCUT2D eigenvalue weighted by Gasteiger charge is 2.25. The van der Waals surface area contributed by atoms with Crippen LogP contribution in [-0.2, 0) is 21.2 Å².